The second-order valence-corrected chi connectivity index (χ2v) is 4.47. The van der Waals surface area contributed by atoms with Crippen LogP contribution in [0.4, 0.5) is 0 Å². The van der Waals surface area contributed by atoms with Crippen molar-refractivity contribution in [2.45, 2.75) is 25.8 Å². The largest absolute Gasteiger partial charge is 0.480 e. The minimum atomic E-state index is -0.507. The Morgan fingerprint density at radius 1 is 1.50 bits per heavy atom. The summed E-state index contributed by atoms with van der Waals surface area (Å²) in [4.78, 5) is 30.0. The van der Waals surface area contributed by atoms with Gasteiger partial charge in [0.05, 0.1) is 13.7 Å². The summed E-state index contributed by atoms with van der Waals surface area (Å²) in [6, 6.07) is 2.81. The number of amides is 1. The van der Waals surface area contributed by atoms with Crippen LogP contribution in [0, 0.1) is 0 Å². The molecule has 0 radical (unpaired) electrons. The molecule has 6 heteroatoms. The predicted molar refractivity (Wildman–Crippen MR) is 71.5 cm³/mol. The van der Waals surface area contributed by atoms with E-state index in [2.05, 4.69) is 4.98 Å². The number of pyridine rings is 1. The maximum atomic E-state index is 12.5. The van der Waals surface area contributed by atoms with Crippen LogP contribution in [0.5, 0.6) is 5.88 Å². The van der Waals surface area contributed by atoms with Gasteiger partial charge in [0.15, 0.2) is 0 Å². The van der Waals surface area contributed by atoms with Crippen molar-refractivity contribution in [2.24, 2.45) is 0 Å². The molecule has 1 unspecified atom stereocenters. The van der Waals surface area contributed by atoms with Crippen LogP contribution in [0.1, 0.15) is 30.1 Å². The van der Waals surface area contributed by atoms with Crippen LogP contribution in [-0.4, -0.2) is 48.1 Å². The Kier molecular flexibility index (Phi) is 4.55. The van der Waals surface area contributed by atoms with Crippen molar-refractivity contribution in [2.75, 3.05) is 20.3 Å². The summed E-state index contributed by atoms with van der Waals surface area (Å²) < 4.78 is 10.1. The van der Waals surface area contributed by atoms with Gasteiger partial charge in [0.1, 0.15) is 11.6 Å². The first kappa shape index (κ1) is 14.3. The van der Waals surface area contributed by atoms with E-state index in [1.165, 1.54) is 12.0 Å². The van der Waals surface area contributed by atoms with Gasteiger partial charge in [0.2, 0.25) is 5.88 Å². The third kappa shape index (κ3) is 2.74. The van der Waals surface area contributed by atoms with Crippen LogP contribution in [-0.2, 0) is 9.53 Å². The standard InChI is InChI=1S/C14H18N2O4/c1-3-20-14(18)11-7-5-9-16(11)13(17)10-6-4-8-15-12(10)19-2/h4,6,8,11H,3,5,7,9H2,1-2H3. The van der Waals surface area contributed by atoms with E-state index in [9.17, 15) is 9.59 Å². The first-order valence-corrected chi connectivity index (χ1v) is 6.65. The van der Waals surface area contributed by atoms with Crippen molar-refractivity contribution >= 4 is 11.9 Å². The lowest BCUT2D eigenvalue weighted by Gasteiger charge is -2.23. The smallest absolute Gasteiger partial charge is 0.328 e. The Balaban J connectivity index is 2.21. The van der Waals surface area contributed by atoms with Gasteiger partial charge in [-0.25, -0.2) is 9.78 Å². The molecular formula is C14H18N2O4. The molecule has 0 N–H and O–H groups in total. The zero-order chi connectivity index (χ0) is 14.5. The fraction of sp³-hybridized carbons (Fsp3) is 0.500. The number of hydrogen-bond acceptors (Lipinski definition) is 5. The molecule has 6 nitrogen and oxygen atoms in total. The predicted octanol–water partition coefficient (Wildman–Crippen LogP) is 1.26. The summed E-state index contributed by atoms with van der Waals surface area (Å²) in [6.45, 7) is 2.61. The molecule has 1 atom stereocenters. The Morgan fingerprint density at radius 2 is 2.30 bits per heavy atom. The summed E-state index contributed by atoms with van der Waals surface area (Å²) in [7, 11) is 1.46. The average Bonchev–Trinajstić information content (AvgIpc) is 2.96. The molecular weight excluding hydrogens is 260 g/mol. The van der Waals surface area contributed by atoms with E-state index in [0.29, 0.717) is 25.1 Å². The molecule has 1 aromatic rings. The van der Waals surface area contributed by atoms with Crippen molar-refractivity contribution in [1.29, 1.82) is 0 Å². The van der Waals surface area contributed by atoms with E-state index in [4.69, 9.17) is 9.47 Å². The molecule has 1 fully saturated rings. The highest BCUT2D eigenvalue weighted by Crippen LogP contribution is 2.24. The van der Waals surface area contributed by atoms with Gasteiger partial charge in [0, 0.05) is 12.7 Å². The molecule has 2 rings (SSSR count). The molecule has 0 aliphatic carbocycles. The van der Waals surface area contributed by atoms with Gasteiger partial charge in [-0.1, -0.05) is 0 Å². The number of aromatic nitrogens is 1. The zero-order valence-electron chi connectivity index (χ0n) is 11.7. The Morgan fingerprint density at radius 3 is 3.00 bits per heavy atom. The average molecular weight is 278 g/mol. The van der Waals surface area contributed by atoms with Crippen molar-refractivity contribution in [3.63, 3.8) is 0 Å². The third-order valence-electron chi connectivity index (χ3n) is 3.27. The van der Waals surface area contributed by atoms with Gasteiger partial charge < -0.3 is 14.4 Å². The minimum Gasteiger partial charge on any atom is -0.480 e. The molecule has 20 heavy (non-hydrogen) atoms. The lowest BCUT2D eigenvalue weighted by Crippen LogP contribution is -2.41. The van der Waals surface area contributed by atoms with Crippen molar-refractivity contribution < 1.29 is 19.1 Å². The van der Waals surface area contributed by atoms with Crippen LogP contribution in [0.2, 0.25) is 0 Å². The molecule has 0 bridgehead atoms. The van der Waals surface area contributed by atoms with Crippen LogP contribution in [0.15, 0.2) is 18.3 Å². The third-order valence-corrected chi connectivity index (χ3v) is 3.27. The number of carbonyl (C=O) groups is 2. The molecule has 108 valence electrons. The van der Waals surface area contributed by atoms with Crippen molar-refractivity contribution in [1.82, 2.24) is 9.88 Å². The normalized spacial score (nSPS) is 17.9. The first-order valence-electron chi connectivity index (χ1n) is 6.65. The SMILES string of the molecule is CCOC(=O)C1CCCN1C(=O)c1cccnc1OC. The number of rotatable bonds is 4. The first-order chi connectivity index (χ1) is 9.69. The lowest BCUT2D eigenvalue weighted by molar-refractivity contribution is -0.147. The summed E-state index contributed by atoms with van der Waals surface area (Å²) >= 11 is 0. The monoisotopic (exact) mass is 278 g/mol. The van der Waals surface area contributed by atoms with Gasteiger partial charge in [-0.05, 0) is 31.9 Å². The van der Waals surface area contributed by atoms with Crippen molar-refractivity contribution in [3.05, 3.63) is 23.9 Å². The fourth-order valence-corrected chi connectivity index (χ4v) is 2.36. The van der Waals surface area contributed by atoms with Crippen LogP contribution in [0.25, 0.3) is 0 Å². The maximum absolute atomic E-state index is 12.5. The van der Waals surface area contributed by atoms with Crippen molar-refractivity contribution in [3.8, 4) is 5.88 Å². The maximum Gasteiger partial charge on any atom is 0.328 e. The Bertz CT molecular complexity index is 504. The lowest BCUT2D eigenvalue weighted by atomic mass is 10.2. The molecule has 0 spiro atoms. The summed E-state index contributed by atoms with van der Waals surface area (Å²) in [5, 5.41) is 0. The molecule has 1 aromatic heterocycles. The summed E-state index contributed by atoms with van der Waals surface area (Å²) in [5.41, 5.74) is 0.367. The van der Waals surface area contributed by atoms with E-state index >= 15 is 0 Å². The van der Waals surface area contributed by atoms with Gasteiger partial charge in [-0.2, -0.15) is 0 Å². The van der Waals surface area contributed by atoms with Crippen LogP contribution in [0.3, 0.4) is 0 Å². The number of esters is 1. The van der Waals surface area contributed by atoms with E-state index in [-0.39, 0.29) is 17.8 Å². The van der Waals surface area contributed by atoms with E-state index < -0.39 is 6.04 Å². The highest BCUT2D eigenvalue weighted by molar-refractivity contribution is 5.98. The molecule has 0 saturated carbocycles. The summed E-state index contributed by atoms with van der Waals surface area (Å²) in [6.07, 6.45) is 2.98. The highest BCUT2D eigenvalue weighted by atomic mass is 16.5. The van der Waals surface area contributed by atoms with E-state index in [1.54, 1.807) is 25.3 Å². The number of methoxy groups -OCH3 is 1. The topological polar surface area (TPSA) is 68.7 Å². The fourth-order valence-electron chi connectivity index (χ4n) is 2.36. The number of nitrogens with zero attached hydrogens (tertiary/aromatic N) is 2. The van der Waals surface area contributed by atoms with Gasteiger partial charge in [0.25, 0.3) is 5.91 Å². The zero-order valence-corrected chi connectivity index (χ0v) is 11.7. The Hall–Kier alpha value is -2.11. The number of hydrogen-bond donors (Lipinski definition) is 0. The molecule has 0 aromatic carbocycles. The molecule has 1 aliphatic heterocycles. The van der Waals surface area contributed by atoms with Crippen LogP contribution < -0.4 is 4.74 Å². The van der Waals surface area contributed by atoms with E-state index in [0.717, 1.165) is 6.42 Å². The number of carbonyl (C=O) groups excluding carboxylic acids is 2. The molecule has 2 heterocycles. The van der Waals surface area contributed by atoms with Gasteiger partial charge in [-0.3, -0.25) is 4.79 Å². The second-order valence-electron chi connectivity index (χ2n) is 4.47. The van der Waals surface area contributed by atoms with E-state index in [1.807, 2.05) is 0 Å². The molecule has 1 amide bonds. The minimum absolute atomic E-state index is 0.245. The number of likely N-dealkylation sites (tertiary alicyclic amines) is 1. The number of ether oxygens (including phenoxy) is 2. The Labute approximate surface area is 117 Å². The molecule has 1 saturated heterocycles. The summed E-state index contributed by atoms with van der Waals surface area (Å²) in [5.74, 6) is -0.321. The van der Waals surface area contributed by atoms with Gasteiger partial charge >= 0.3 is 5.97 Å². The van der Waals surface area contributed by atoms with Gasteiger partial charge in [-0.15, -0.1) is 0 Å². The van der Waals surface area contributed by atoms with Crippen LogP contribution >= 0.6 is 0 Å². The quantitative estimate of drug-likeness (QED) is 0.775. The second kappa shape index (κ2) is 6.36. The molecule has 1 aliphatic rings. The highest BCUT2D eigenvalue weighted by Gasteiger charge is 2.36.